The van der Waals surface area contributed by atoms with Crippen LogP contribution in [-0.2, 0) is 4.79 Å². The van der Waals surface area contributed by atoms with E-state index in [1.165, 1.54) is 24.3 Å². The molecule has 1 aromatic carbocycles. The Morgan fingerprint density at radius 3 is 2.56 bits per heavy atom. The van der Waals surface area contributed by atoms with E-state index in [1.807, 2.05) is 0 Å². The van der Waals surface area contributed by atoms with Crippen molar-refractivity contribution in [2.45, 2.75) is 10.7 Å². The fourth-order valence-electron chi connectivity index (χ4n) is 1.73. The third kappa shape index (κ3) is 2.10. The summed E-state index contributed by atoms with van der Waals surface area (Å²) < 4.78 is 25.6. The molecule has 2 nitrogen and oxygen atoms in total. The number of halogens is 3. The van der Waals surface area contributed by atoms with E-state index in [0.717, 1.165) is 6.08 Å². The van der Waals surface area contributed by atoms with Crippen LogP contribution in [-0.4, -0.2) is 15.4 Å². The van der Waals surface area contributed by atoms with Gasteiger partial charge in [-0.05, 0) is 24.1 Å². The highest BCUT2D eigenvalue weighted by Crippen LogP contribution is 2.40. The highest BCUT2D eigenvalue weighted by atomic mass is 79.9. The fraction of sp³-hybridized carbons (Fsp3) is 0.154. The second-order valence-electron chi connectivity index (χ2n) is 3.94. The molecule has 5 heteroatoms. The molecule has 0 spiro atoms. The summed E-state index contributed by atoms with van der Waals surface area (Å²) in [5, 5.41) is 8.95. The second-order valence-corrected chi connectivity index (χ2v) is 5.30. The molecule has 0 radical (unpaired) electrons. The lowest BCUT2D eigenvalue weighted by atomic mass is 9.91. The Morgan fingerprint density at radius 1 is 1.33 bits per heavy atom. The molecule has 1 atom stereocenters. The summed E-state index contributed by atoms with van der Waals surface area (Å²) in [6, 6.07) is 5.97. The van der Waals surface area contributed by atoms with Gasteiger partial charge in [-0.15, -0.1) is 0 Å². The summed E-state index contributed by atoms with van der Waals surface area (Å²) >= 11 is 2.86. The predicted molar refractivity (Wildman–Crippen MR) is 67.5 cm³/mol. The maximum absolute atomic E-state index is 13.8. The van der Waals surface area contributed by atoms with Gasteiger partial charge in [-0.3, -0.25) is 4.79 Å². The van der Waals surface area contributed by atoms with E-state index in [4.69, 9.17) is 5.11 Å². The van der Waals surface area contributed by atoms with Crippen LogP contribution in [0.1, 0.15) is 12.0 Å². The summed E-state index contributed by atoms with van der Waals surface area (Å²) in [6.07, 6.45) is 2.48. The third-order valence-corrected chi connectivity index (χ3v) is 3.83. The van der Waals surface area contributed by atoms with Crippen LogP contribution in [0.25, 0.3) is 5.57 Å². The molecule has 18 heavy (non-hydrogen) atoms. The largest absolute Gasteiger partial charge is 0.480 e. The predicted octanol–water partition coefficient (Wildman–Crippen LogP) is 3.68. The average molecular weight is 315 g/mol. The van der Waals surface area contributed by atoms with E-state index in [-0.39, 0.29) is 12.0 Å². The monoisotopic (exact) mass is 314 g/mol. The van der Waals surface area contributed by atoms with Crippen molar-refractivity contribution in [3.63, 3.8) is 0 Å². The zero-order valence-corrected chi connectivity index (χ0v) is 10.7. The van der Waals surface area contributed by atoms with Gasteiger partial charge in [0.15, 0.2) is 4.32 Å². The van der Waals surface area contributed by atoms with Crippen LogP contribution in [0.3, 0.4) is 0 Å². The van der Waals surface area contributed by atoms with Crippen LogP contribution in [0.2, 0.25) is 0 Å². The highest BCUT2D eigenvalue weighted by molar-refractivity contribution is 9.10. The first kappa shape index (κ1) is 13.0. The molecule has 1 aliphatic carbocycles. The first-order chi connectivity index (χ1) is 8.45. The number of rotatable bonds is 2. The number of carboxylic acid groups (broad SMARTS) is 1. The van der Waals surface area contributed by atoms with Crippen molar-refractivity contribution >= 4 is 27.5 Å². The van der Waals surface area contributed by atoms with Crippen LogP contribution >= 0.6 is 15.9 Å². The van der Waals surface area contributed by atoms with Crippen molar-refractivity contribution in [2.24, 2.45) is 0 Å². The van der Waals surface area contributed by atoms with Gasteiger partial charge in [0.05, 0.1) is 0 Å². The Hall–Kier alpha value is -1.49. The van der Waals surface area contributed by atoms with E-state index in [9.17, 15) is 13.6 Å². The molecule has 0 saturated carbocycles. The Bertz CT molecular complexity index is 566. The first-order valence-electron chi connectivity index (χ1n) is 5.20. The molecule has 2 rings (SSSR count). The van der Waals surface area contributed by atoms with Gasteiger partial charge in [-0.25, -0.2) is 8.78 Å². The zero-order chi connectivity index (χ0) is 13.3. The van der Waals surface area contributed by atoms with Crippen LogP contribution in [0.4, 0.5) is 8.78 Å². The highest BCUT2D eigenvalue weighted by Gasteiger charge is 2.41. The number of hydrogen-bond donors (Lipinski definition) is 1. The molecule has 0 aromatic heterocycles. The molecular formula is C13H9BrF2O2. The minimum Gasteiger partial charge on any atom is -0.480 e. The topological polar surface area (TPSA) is 37.3 Å². The molecule has 0 bridgehead atoms. The lowest BCUT2D eigenvalue weighted by Gasteiger charge is -2.23. The first-order valence-corrected chi connectivity index (χ1v) is 5.99. The number of carbonyl (C=O) groups is 1. The van der Waals surface area contributed by atoms with Crippen molar-refractivity contribution < 1.29 is 18.7 Å². The van der Waals surface area contributed by atoms with E-state index < -0.39 is 21.9 Å². The van der Waals surface area contributed by atoms with Crippen molar-refractivity contribution in [3.05, 3.63) is 53.6 Å². The van der Waals surface area contributed by atoms with Gasteiger partial charge < -0.3 is 5.11 Å². The number of benzene rings is 1. The van der Waals surface area contributed by atoms with E-state index in [0.29, 0.717) is 5.57 Å². The number of allylic oxidation sites excluding steroid dienone is 3. The molecule has 0 amide bonds. The van der Waals surface area contributed by atoms with Gasteiger partial charge in [0.25, 0.3) is 0 Å². The molecule has 1 aromatic rings. The molecule has 0 aliphatic heterocycles. The number of aliphatic carboxylic acids is 1. The van der Waals surface area contributed by atoms with Gasteiger partial charge in [0, 0.05) is 5.56 Å². The Morgan fingerprint density at radius 2 is 2.00 bits per heavy atom. The van der Waals surface area contributed by atoms with Crippen molar-refractivity contribution in [1.29, 1.82) is 0 Å². The Balaban J connectivity index is 2.40. The van der Waals surface area contributed by atoms with Crippen molar-refractivity contribution in [2.75, 3.05) is 0 Å². The number of hydrogen-bond acceptors (Lipinski definition) is 1. The average Bonchev–Trinajstić information content (AvgIpc) is 2.33. The lowest BCUT2D eigenvalue weighted by molar-refractivity contribution is -0.138. The molecule has 0 heterocycles. The van der Waals surface area contributed by atoms with Gasteiger partial charge in [0.2, 0.25) is 0 Å². The number of carboxylic acids is 1. The van der Waals surface area contributed by atoms with E-state index in [2.05, 4.69) is 15.9 Å². The minimum absolute atomic E-state index is 0.0751. The number of alkyl halides is 1. The van der Waals surface area contributed by atoms with E-state index >= 15 is 0 Å². The van der Waals surface area contributed by atoms with Crippen LogP contribution < -0.4 is 0 Å². The van der Waals surface area contributed by atoms with Gasteiger partial charge in [0.1, 0.15) is 11.6 Å². The van der Waals surface area contributed by atoms with Gasteiger partial charge >= 0.3 is 5.97 Å². The lowest BCUT2D eigenvalue weighted by Crippen LogP contribution is -2.33. The molecule has 1 aliphatic rings. The summed E-state index contributed by atoms with van der Waals surface area (Å²) in [6.45, 7) is 0. The maximum atomic E-state index is 13.8. The smallest absolute Gasteiger partial charge is 0.327 e. The Kier molecular flexibility index (Phi) is 3.34. The van der Waals surface area contributed by atoms with E-state index in [1.54, 1.807) is 6.07 Å². The van der Waals surface area contributed by atoms with Gasteiger partial charge in [-0.1, -0.05) is 40.2 Å². The summed E-state index contributed by atoms with van der Waals surface area (Å²) in [5.74, 6) is -2.61. The standard InChI is InChI=1S/C13H9BrF2O2/c14-13(12(17)18)6-5-8(7-11(13)16)9-3-1-2-4-10(9)15/h1-5,7H,6H2,(H,17,18). The molecule has 1 N–H and O–H groups in total. The third-order valence-electron chi connectivity index (χ3n) is 2.79. The van der Waals surface area contributed by atoms with Crippen LogP contribution in [0, 0.1) is 5.82 Å². The molecule has 1 unspecified atom stereocenters. The van der Waals surface area contributed by atoms with Gasteiger partial charge in [-0.2, -0.15) is 0 Å². The summed E-state index contributed by atoms with van der Waals surface area (Å²) in [5.41, 5.74) is 0.606. The normalized spacial score (nSPS) is 23.3. The molecule has 0 fully saturated rings. The minimum atomic E-state index is -1.73. The van der Waals surface area contributed by atoms with Crippen molar-refractivity contribution in [3.8, 4) is 0 Å². The quantitative estimate of drug-likeness (QED) is 0.845. The fourth-order valence-corrected chi connectivity index (χ4v) is 2.01. The molecular weight excluding hydrogens is 306 g/mol. The summed E-state index contributed by atoms with van der Waals surface area (Å²) in [7, 11) is 0. The SMILES string of the molecule is O=C(O)C1(Br)CC=C(c2ccccc2F)C=C1F. The van der Waals surface area contributed by atoms with Crippen molar-refractivity contribution in [1.82, 2.24) is 0 Å². The molecule has 0 saturated heterocycles. The van der Waals surface area contributed by atoms with Crippen LogP contribution in [0.15, 0.2) is 42.2 Å². The molecule has 94 valence electrons. The second kappa shape index (κ2) is 4.65. The maximum Gasteiger partial charge on any atom is 0.327 e. The Labute approximate surface area is 111 Å². The van der Waals surface area contributed by atoms with Crippen LogP contribution in [0.5, 0.6) is 0 Å². The zero-order valence-electron chi connectivity index (χ0n) is 9.16. The summed E-state index contributed by atoms with van der Waals surface area (Å²) in [4.78, 5) is 11.0.